The van der Waals surface area contributed by atoms with Gasteiger partial charge in [-0.3, -0.25) is 14.4 Å². The maximum absolute atomic E-state index is 13.7. The summed E-state index contributed by atoms with van der Waals surface area (Å²) in [4.78, 5) is 41.0. The highest BCUT2D eigenvalue weighted by Gasteiger charge is 2.23. The fourth-order valence-electron chi connectivity index (χ4n) is 5.04. The third kappa shape index (κ3) is 8.77. The molecule has 3 amide bonds. The van der Waals surface area contributed by atoms with E-state index in [-0.39, 0.29) is 11.6 Å². The summed E-state index contributed by atoms with van der Waals surface area (Å²) in [5, 5.41) is 11.0. The van der Waals surface area contributed by atoms with Crippen LogP contribution in [0.5, 0.6) is 0 Å². The third-order valence-corrected chi connectivity index (χ3v) is 9.34. The first-order chi connectivity index (χ1) is 23.8. The van der Waals surface area contributed by atoms with Gasteiger partial charge in [0.15, 0.2) is 0 Å². The van der Waals surface area contributed by atoms with Gasteiger partial charge in [-0.2, -0.15) is 0 Å². The van der Waals surface area contributed by atoms with Gasteiger partial charge in [-0.15, -0.1) is 11.8 Å². The Balaban J connectivity index is 1.19. The minimum absolute atomic E-state index is 0.00831. The number of carbonyl (C=O) groups is 3. The molecule has 0 aliphatic carbocycles. The Kier molecular flexibility index (Phi) is 10.8. The Bertz CT molecular complexity index is 2160. The summed E-state index contributed by atoms with van der Waals surface area (Å²) in [6.45, 7) is 0. The molecule has 1 atom stereocenters. The van der Waals surface area contributed by atoms with Crippen molar-refractivity contribution in [3.05, 3.63) is 178 Å². The van der Waals surface area contributed by atoms with Crippen molar-refractivity contribution in [3.8, 4) is 0 Å². The number of benzene rings is 6. The molecule has 0 aromatic heterocycles. The lowest BCUT2D eigenvalue weighted by Crippen LogP contribution is -2.30. The van der Waals surface area contributed by atoms with Crippen molar-refractivity contribution in [3.63, 3.8) is 0 Å². The van der Waals surface area contributed by atoms with Crippen molar-refractivity contribution in [2.24, 2.45) is 0 Å². The number of halogens is 2. The van der Waals surface area contributed by atoms with Crippen LogP contribution in [0.2, 0.25) is 10.0 Å². The minimum atomic E-state index is -0.548. The molecule has 0 radical (unpaired) electrons. The SMILES string of the molecule is O=C(Nc1ccc(SC(C(=O)Nc2ccc3ccccc3c2)c2ccccc2)cc1)/C(=C/c1ccc(Cl)cc1Cl)NC(=O)c1ccccc1. The lowest BCUT2D eigenvalue weighted by molar-refractivity contribution is -0.116. The van der Waals surface area contributed by atoms with Gasteiger partial charge in [0.05, 0.1) is 0 Å². The van der Waals surface area contributed by atoms with Crippen LogP contribution >= 0.6 is 35.0 Å². The van der Waals surface area contributed by atoms with Gasteiger partial charge in [-0.25, -0.2) is 0 Å². The summed E-state index contributed by atoms with van der Waals surface area (Å²) >= 11 is 13.8. The predicted octanol–water partition coefficient (Wildman–Crippen LogP) is 10.0. The van der Waals surface area contributed by atoms with Crippen LogP contribution in [0.15, 0.2) is 156 Å². The number of hydrogen-bond donors (Lipinski definition) is 3. The van der Waals surface area contributed by atoms with E-state index in [1.807, 2.05) is 84.9 Å². The molecule has 3 N–H and O–H groups in total. The first-order valence-electron chi connectivity index (χ1n) is 15.3. The second-order valence-corrected chi connectivity index (χ2v) is 13.0. The predicted molar refractivity (Wildman–Crippen MR) is 201 cm³/mol. The molecule has 0 aliphatic rings. The normalized spacial score (nSPS) is 11.8. The summed E-state index contributed by atoms with van der Waals surface area (Å²) < 4.78 is 0. The number of carbonyl (C=O) groups excluding carboxylic acids is 3. The highest BCUT2D eigenvalue weighted by atomic mass is 35.5. The summed E-state index contributed by atoms with van der Waals surface area (Å²) in [7, 11) is 0. The number of thioether (sulfide) groups is 1. The van der Waals surface area contributed by atoms with Crippen molar-refractivity contribution in [1.29, 1.82) is 0 Å². The van der Waals surface area contributed by atoms with E-state index in [0.29, 0.717) is 32.5 Å². The van der Waals surface area contributed by atoms with Crippen LogP contribution in [-0.4, -0.2) is 17.7 Å². The first-order valence-corrected chi connectivity index (χ1v) is 16.9. The first kappa shape index (κ1) is 33.6. The standard InChI is InChI=1S/C40H29Cl2N3O3S/c41-31-17-15-30(35(42)25-31)24-36(45-38(46)28-12-5-2-6-13-28)39(47)43-32-19-21-34(22-20-32)49-37(27-10-3-1-4-11-27)40(48)44-33-18-16-26-9-7-8-14-29(26)23-33/h1-25,37H,(H,43,47)(H,44,48)(H,45,46)/b36-24-. The van der Waals surface area contributed by atoms with Gasteiger partial charge in [0.25, 0.3) is 11.8 Å². The Labute approximate surface area is 298 Å². The number of hydrogen-bond acceptors (Lipinski definition) is 4. The molecule has 9 heteroatoms. The second-order valence-electron chi connectivity index (χ2n) is 11.0. The number of rotatable bonds is 10. The molecular formula is C40H29Cl2N3O3S. The van der Waals surface area contributed by atoms with Gasteiger partial charge in [-0.05, 0) is 88.6 Å². The monoisotopic (exact) mass is 701 g/mol. The summed E-state index contributed by atoms with van der Waals surface area (Å²) in [5.74, 6) is -1.16. The zero-order valence-electron chi connectivity index (χ0n) is 25.9. The van der Waals surface area contributed by atoms with Gasteiger partial charge >= 0.3 is 0 Å². The molecule has 242 valence electrons. The van der Waals surface area contributed by atoms with Crippen LogP contribution in [-0.2, 0) is 9.59 Å². The topological polar surface area (TPSA) is 87.3 Å². The van der Waals surface area contributed by atoms with Crippen LogP contribution in [0, 0.1) is 0 Å². The van der Waals surface area contributed by atoms with Gasteiger partial charge in [0, 0.05) is 31.9 Å². The molecule has 49 heavy (non-hydrogen) atoms. The minimum Gasteiger partial charge on any atom is -0.325 e. The van der Waals surface area contributed by atoms with Gasteiger partial charge in [0.1, 0.15) is 10.9 Å². The van der Waals surface area contributed by atoms with Gasteiger partial charge < -0.3 is 16.0 Å². The average molecular weight is 703 g/mol. The molecule has 6 aromatic carbocycles. The number of nitrogens with one attached hydrogen (secondary N) is 3. The fourth-order valence-corrected chi connectivity index (χ4v) is 6.53. The van der Waals surface area contributed by atoms with E-state index in [9.17, 15) is 14.4 Å². The van der Waals surface area contributed by atoms with Crippen LogP contribution < -0.4 is 16.0 Å². The fraction of sp³-hybridized carbons (Fsp3) is 0.0250. The summed E-state index contributed by atoms with van der Waals surface area (Å²) in [6.07, 6.45) is 1.50. The smallest absolute Gasteiger partial charge is 0.272 e. The van der Waals surface area contributed by atoms with Crippen molar-refractivity contribution in [2.45, 2.75) is 10.1 Å². The Hall–Kier alpha value is -5.34. The zero-order chi connectivity index (χ0) is 34.2. The zero-order valence-corrected chi connectivity index (χ0v) is 28.2. The maximum Gasteiger partial charge on any atom is 0.272 e. The molecule has 0 saturated carbocycles. The highest BCUT2D eigenvalue weighted by Crippen LogP contribution is 2.37. The second kappa shape index (κ2) is 15.7. The molecule has 0 spiro atoms. The lowest BCUT2D eigenvalue weighted by Gasteiger charge is -2.18. The Morgan fingerprint density at radius 3 is 2.00 bits per heavy atom. The van der Waals surface area contributed by atoms with E-state index in [2.05, 4.69) is 16.0 Å². The summed E-state index contributed by atoms with van der Waals surface area (Å²) in [5.41, 5.74) is 2.95. The molecule has 0 aliphatic heterocycles. The molecule has 0 bridgehead atoms. The van der Waals surface area contributed by atoms with E-state index >= 15 is 0 Å². The molecule has 1 unspecified atom stereocenters. The maximum atomic E-state index is 13.7. The highest BCUT2D eigenvalue weighted by molar-refractivity contribution is 8.00. The molecule has 0 fully saturated rings. The van der Waals surface area contributed by atoms with E-state index in [1.165, 1.54) is 17.8 Å². The molecule has 0 heterocycles. The number of fused-ring (bicyclic) bond motifs is 1. The van der Waals surface area contributed by atoms with Gasteiger partial charge in [-0.1, -0.05) is 108 Å². The average Bonchev–Trinajstić information content (AvgIpc) is 3.12. The molecule has 6 nitrogen and oxygen atoms in total. The third-order valence-electron chi connectivity index (χ3n) is 7.51. The number of anilines is 2. The van der Waals surface area contributed by atoms with Crippen molar-refractivity contribution < 1.29 is 14.4 Å². The van der Waals surface area contributed by atoms with Crippen molar-refractivity contribution in [2.75, 3.05) is 10.6 Å². The van der Waals surface area contributed by atoms with E-state index in [4.69, 9.17) is 23.2 Å². The van der Waals surface area contributed by atoms with E-state index in [0.717, 1.165) is 21.2 Å². The Morgan fingerprint density at radius 1 is 0.633 bits per heavy atom. The molecule has 0 saturated heterocycles. The van der Waals surface area contributed by atoms with Crippen LogP contribution in [0.3, 0.4) is 0 Å². The molecular weight excluding hydrogens is 673 g/mol. The number of amides is 3. The van der Waals surface area contributed by atoms with Gasteiger partial charge in [0.2, 0.25) is 5.91 Å². The van der Waals surface area contributed by atoms with Crippen LogP contribution in [0.25, 0.3) is 16.8 Å². The van der Waals surface area contributed by atoms with E-state index in [1.54, 1.807) is 60.7 Å². The quantitative estimate of drug-likeness (QED) is 0.0980. The Morgan fingerprint density at radius 2 is 1.29 bits per heavy atom. The van der Waals surface area contributed by atoms with Crippen molar-refractivity contribution >= 4 is 80.9 Å². The van der Waals surface area contributed by atoms with Crippen molar-refractivity contribution in [1.82, 2.24) is 5.32 Å². The van der Waals surface area contributed by atoms with E-state index < -0.39 is 17.1 Å². The summed E-state index contributed by atoms with van der Waals surface area (Å²) in [6, 6.07) is 44.0. The largest absolute Gasteiger partial charge is 0.325 e. The van der Waals surface area contributed by atoms with Crippen LogP contribution in [0.4, 0.5) is 11.4 Å². The molecule has 6 rings (SSSR count). The lowest BCUT2D eigenvalue weighted by atomic mass is 10.1. The van der Waals surface area contributed by atoms with Crippen LogP contribution in [0.1, 0.15) is 26.7 Å². The molecule has 6 aromatic rings.